The molecule has 0 amide bonds. The summed E-state index contributed by atoms with van der Waals surface area (Å²) in [5.74, 6) is 1.47. The second-order valence-corrected chi connectivity index (χ2v) is 10.9. The monoisotopic (exact) mass is 475 g/mol. The topological polar surface area (TPSA) is 45.7 Å². The van der Waals surface area contributed by atoms with Crippen molar-refractivity contribution in [3.8, 4) is 0 Å². The van der Waals surface area contributed by atoms with Crippen molar-refractivity contribution in [3.05, 3.63) is 70.4 Å². The second-order valence-electron chi connectivity index (χ2n) is 10.9. The van der Waals surface area contributed by atoms with Crippen LogP contribution in [-0.4, -0.2) is 6.02 Å². The van der Waals surface area contributed by atoms with Crippen molar-refractivity contribution in [2.24, 2.45) is 4.99 Å². The zero-order valence-corrected chi connectivity index (χ0v) is 23.0. The molecule has 4 heteroatoms. The molecule has 4 nitrogen and oxygen atoms in total. The highest BCUT2D eigenvalue weighted by Gasteiger charge is 2.19. The maximum atomic E-state index is 6.25. The minimum atomic E-state index is 0.358. The number of amidine groups is 1. The molecule has 0 aliphatic heterocycles. The Balaban J connectivity index is 2.12. The van der Waals surface area contributed by atoms with Crippen LogP contribution in [0.3, 0.4) is 0 Å². The molecule has 0 aromatic heterocycles. The van der Waals surface area contributed by atoms with Crippen molar-refractivity contribution in [1.82, 2.24) is 5.48 Å². The van der Waals surface area contributed by atoms with Gasteiger partial charge in [0.15, 0.2) is 0 Å². The van der Waals surface area contributed by atoms with Gasteiger partial charge in [-0.15, -0.1) is 0 Å². The molecule has 190 valence electrons. The third-order valence-corrected chi connectivity index (χ3v) is 6.73. The number of anilines is 1. The summed E-state index contributed by atoms with van der Waals surface area (Å²) in [5.41, 5.74) is 11.5. The number of nitrogens with one attached hydrogen (secondary N) is 2. The van der Waals surface area contributed by atoms with Gasteiger partial charge in [-0.1, -0.05) is 97.9 Å². The van der Waals surface area contributed by atoms with Gasteiger partial charge in [0.25, 0.3) is 0 Å². The lowest BCUT2D eigenvalue weighted by Crippen LogP contribution is -2.27. The summed E-state index contributed by atoms with van der Waals surface area (Å²) in [6, 6.07) is 13.6. The van der Waals surface area contributed by atoms with E-state index in [-0.39, 0.29) is 0 Å². The minimum Gasteiger partial charge on any atom is -0.342 e. The summed E-state index contributed by atoms with van der Waals surface area (Å²) < 4.78 is 0. The van der Waals surface area contributed by atoms with Gasteiger partial charge >= 0.3 is 6.02 Å². The number of hydrogen-bond donors (Lipinski definition) is 2. The first-order valence-corrected chi connectivity index (χ1v) is 13.4. The molecule has 2 aromatic rings. The van der Waals surface area contributed by atoms with Gasteiger partial charge in [0, 0.05) is 11.4 Å². The van der Waals surface area contributed by atoms with Crippen molar-refractivity contribution in [2.45, 2.75) is 105 Å². The van der Waals surface area contributed by atoms with E-state index in [0.29, 0.717) is 29.7 Å². The van der Waals surface area contributed by atoms with Crippen LogP contribution in [0.25, 0.3) is 0 Å². The highest BCUT2D eigenvalue weighted by molar-refractivity contribution is 5.93. The van der Waals surface area contributed by atoms with Crippen molar-refractivity contribution >= 4 is 17.4 Å². The SMILES string of the molecule is CC(C)c1cccc(C(C)C)c1N=C(Nc1c(C(C)C)cccc1C(C)C)ONC1=CCCCC1. The van der Waals surface area contributed by atoms with Crippen LogP contribution in [0.5, 0.6) is 0 Å². The first kappa shape index (κ1) is 26.8. The number of hydroxylamine groups is 1. The normalized spacial score (nSPS) is 14.6. The van der Waals surface area contributed by atoms with Crippen molar-refractivity contribution in [3.63, 3.8) is 0 Å². The molecule has 2 N–H and O–H groups in total. The molecule has 0 unspecified atom stereocenters. The maximum absolute atomic E-state index is 6.25. The van der Waals surface area contributed by atoms with E-state index in [2.05, 4.69) is 109 Å². The molecular weight excluding hydrogens is 430 g/mol. The Kier molecular flexibility index (Phi) is 9.42. The van der Waals surface area contributed by atoms with Gasteiger partial charge in [0.05, 0.1) is 5.69 Å². The van der Waals surface area contributed by atoms with Gasteiger partial charge in [0.2, 0.25) is 0 Å². The third kappa shape index (κ3) is 6.90. The number of allylic oxidation sites excluding steroid dienone is 2. The predicted octanol–water partition coefficient (Wildman–Crippen LogP) is 9.26. The lowest BCUT2D eigenvalue weighted by atomic mass is 9.92. The third-order valence-electron chi connectivity index (χ3n) is 6.73. The average Bonchev–Trinajstić information content (AvgIpc) is 2.82. The summed E-state index contributed by atoms with van der Waals surface area (Å²) in [4.78, 5) is 11.4. The summed E-state index contributed by atoms with van der Waals surface area (Å²) >= 11 is 0. The molecule has 0 radical (unpaired) electrons. The first-order valence-electron chi connectivity index (χ1n) is 13.4. The van der Waals surface area contributed by atoms with Crippen LogP contribution >= 0.6 is 0 Å². The minimum absolute atomic E-state index is 0.358. The van der Waals surface area contributed by atoms with Gasteiger partial charge < -0.3 is 10.2 Å². The molecule has 0 atom stereocenters. The molecule has 1 aliphatic rings. The molecule has 0 saturated carbocycles. The average molecular weight is 476 g/mol. The number of aliphatic imine (C=N–C) groups is 1. The molecule has 3 rings (SSSR count). The van der Waals surface area contributed by atoms with E-state index in [1.165, 1.54) is 35.1 Å². The molecule has 0 spiro atoms. The van der Waals surface area contributed by atoms with Crippen LogP contribution in [-0.2, 0) is 4.84 Å². The fourth-order valence-corrected chi connectivity index (χ4v) is 4.67. The maximum Gasteiger partial charge on any atom is 0.321 e. The Morgan fingerprint density at radius 2 is 1.26 bits per heavy atom. The number of hydrogen-bond acceptors (Lipinski definition) is 3. The Bertz CT molecular complexity index is 995. The highest BCUT2D eigenvalue weighted by Crippen LogP contribution is 2.36. The summed E-state index contributed by atoms with van der Waals surface area (Å²) in [6.07, 6.45) is 6.76. The lowest BCUT2D eigenvalue weighted by Gasteiger charge is -2.23. The van der Waals surface area contributed by atoms with Gasteiger partial charge in [-0.2, -0.15) is 4.99 Å². The van der Waals surface area contributed by atoms with E-state index in [4.69, 9.17) is 9.83 Å². The van der Waals surface area contributed by atoms with Gasteiger partial charge in [0.1, 0.15) is 0 Å². The van der Waals surface area contributed by atoms with Crippen LogP contribution in [0.15, 0.2) is 53.2 Å². The van der Waals surface area contributed by atoms with E-state index in [9.17, 15) is 0 Å². The number of para-hydroxylation sites is 2. The molecule has 2 aromatic carbocycles. The van der Waals surface area contributed by atoms with E-state index >= 15 is 0 Å². The summed E-state index contributed by atoms with van der Waals surface area (Å²) in [6.45, 7) is 17.8. The highest BCUT2D eigenvalue weighted by atomic mass is 16.7. The molecule has 0 bridgehead atoms. The van der Waals surface area contributed by atoms with Crippen LogP contribution in [0.4, 0.5) is 11.4 Å². The summed E-state index contributed by atoms with van der Waals surface area (Å²) in [5, 5.41) is 3.64. The zero-order chi connectivity index (χ0) is 25.5. The molecule has 1 aliphatic carbocycles. The quantitative estimate of drug-likeness (QED) is 0.227. The standard InChI is InChI=1S/C31H45N3O/c1-20(2)25-16-12-17-26(21(3)4)29(25)32-31(35-34-24-14-10-9-11-15-24)33-30-27(22(5)6)18-13-19-28(30)23(7)8/h12-14,16-23,34H,9-11,15H2,1-8H3,(H,32,33). The molecular formula is C31H45N3O. The molecule has 0 heterocycles. The lowest BCUT2D eigenvalue weighted by molar-refractivity contribution is 0.206. The second kappa shape index (κ2) is 12.3. The van der Waals surface area contributed by atoms with Crippen molar-refractivity contribution in [1.29, 1.82) is 0 Å². The molecule has 0 saturated heterocycles. The Morgan fingerprint density at radius 1 is 0.743 bits per heavy atom. The smallest absolute Gasteiger partial charge is 0.321 e. The van der Waals surface area contributed by atoms with Gasteiger partial charge in [-0.05, 0) is 71.6 Å². The Morgan fingerprint density at radius 3 is 1.71 bits per heavy atom. The van der Waals surface area contributed by atoms with Gasteiger partial charge in [-0.3, -0.25) is 0 Å². The zero-order valence-electron chi connectivity index (χ0n) is 23.0. The van der Waals surface area contributed by atoms with Crippen LogP contribution in [0.2, 0.25) is 0 Å². The molecule has 35 heavy (non-hydrogen) atoms. The van der Waals surface area contributed by atoms with Crippen LogP contribution < -0.4 is 10.8 Å². The molecule has 0 fully saturated rings. The number of rotatable bonds is 8. The Labute approximate surface area is 213 Å². The van der Waals surface area contributed by atoms with E-state index in [1.54, 1.807) is 0 Å². The summed E-state index contributed by atoms with van der Waals surface area (Å²) in [7, 11) is 0. The Hall–Kier alpha value is -2.75. The fourth-order valence-electron chi connectivity index (χ4n) is 4.67. The predicted molar refractivity (Wildman–Crippen MR) is 151 cm³/mol. The van der Waals surface area contributed by atoms with Crippen molar-refractivity contribution < 1.29 is 4.84 Å². The van der Waals surface area contributed by atoms with E-state index in [0.717, 1.165) is 29.9 Å². The van der Waals surface area contributed by atoms with Crippen LogP contribution in [0, 0.1) is 0 Å². The van der Waals surface area contributed by atoms with E-state index in [1.807, 2.05) is 0 Å². The van der Waals surface area contributed by atoms with Crippen LogP contribution in [0.1, 0.15) is 127 Å². The van der Waals surface area contributed by atoms with Crippen molar-refractivity contribution in [2.75, 3.05) is 5.32 Å². The van der Waals surface area contributed by atoms with E-state index < -0.39 is 0 Å². The number of benzene rings is 2. The number of nitrogens with zero attached hydrogens (tertiary/aromatic N) is 1. The van der Waals surface area contributed by atoms with Gasteiger partial charge in [-0.25, -0.2) is 5.48 Å². The largest absolute Gasteiger partial charge is 0.342 e. The first-order chi connectivity index (χ1) is 16.7. The fraction of sp³-hybridized carbons (Fsp3) is 0.516.